The Balaban J connectivity index is 2.10. The topological polar surface area (TPSA) is 9.23 Å². The molecule has 0 aliphatic rings. The molecule has 20 heavy (non-hydrogen) atoms. The minimum absolute atomic E-state index is 0.532. The van der Waals surface area contributed by atoms with E-state index in [1.807, 2.05) is 0 Å². The van der Waals surface area contributed by atoms with Crippen LogP contribution in [0.2, 0.25) is 0 Å². The molecule has 1 rings (SSSR count). The Kier molecular flexibility index (Phi) is 9.19. The van der Waals surface area contributed by atoms with Gasteiger partial charge in [0.25, 0.3) is 0 Å². The molecule has 0 atom stereocenters. The summed E-state index contributed by atoms with van der Waals surface area (Å²) in [6.45, 7) is 7.57. The van der Waals surface area contributed by atoms with Crippen LogP contribution in [-0.4, -0.2) is 6.61 Å². The normalized spacial score (nSPS) is 11.0. The Hall–Kier alpha value is -0.980. The van der Waals surface area contributed by atoms with Gasteiger partial charge in [0.05, 0.1) is 6.61 Å². The van der Waals surface area contributed by atoms with Crippen molar-refractivity contribution in [2.45, 2.75) is 78.1 Å². The number of unbranched alkanes of at least 4 members (excludes halogenated alkanes) is 7. The van der Waals surface area contributed by atoms with Crippen LogP contribution in [0.25, 0.3) is 0 Å². The molecule has 0 aliphatic heterocycles. The fraction of sp³-hybridized carbons (Fsp3) is 0.684. The third-order valence-corrected chi connectivity index (χ3v) is 3.80. The highest BCUT2D eigenvalue weighted by Gasteiger charge is 2.06. The van der Waals surface area contributed by atoms with E-state index in [4.69, 9.17) is 4.74 Å². The maximum Gasteiger partial charge on any atom is 0.122 e. The van der Waals surface area contributed by atoms with Crippen LogP contribution >= 0.6 is 0 Å². The van der Waals surface area contributed by atoms with Crippen molar-refractivity contribution in [2.24, 2.45) is 0 Å². The Labute approximate surface area is 125 Å². The van der Waals surface area contributed by atoms with E-state index >= 15 is 0 Å². The molecule has 0 bridgehead atoms. The van der Waals surface area contributed by atoms with Crippen molar-refractivity contribution in [3.05, 3.63) is 29.8 Å². The van der Waals surface area contributed by atoms with Gasteiger partial charge in [-0.25, -0.2) is 0 Å². The second-order valence-electron chi connectivity index (χ2n) is 6.02. The fourth-order valence-corrected chi connectivity index (χ4v) is 2.51. The summed E-state index contributed by atoms with van der Waals surface area (Å²) in [4.78, 5) is 0. The first kappa shape index (κ1) is 17.1. The summed E-state index contributed by atoms with van der Waals surface area (Å²) in [6.07, 6.45) is 10.8. The predicted molar refractivity (Wildman–Crippen MR) is 88.6 cm³/mol. The molecule has 0 saturated heterocycles. The van der Waals surface area contributed by atoms with Crippen molar-refractivity contribution in [3.63, 3.8) is 0 Å². The molecule has 0 aromatic heterocycles. The van der Waals surface area contributed by atoms with E-state index in [1.54, 1.807) is 0 Å². The number of hydrogen-bond acceptors (Lipinski definition) is 1. The van der Waals surface area contributed by atoms with Gasteiger partial charge in [0.15, 0.2) is 0 Å². The highest BCUT2D eigenvalue weighted by molar-refractivity contribution is 5.35. The van der Waals surface area contributed by atoms with Gasteiger partial charge in [0.1, 0.15) is 5.75 Å². The van der Waals surface area contributed by atoms with Crippen LogP contribution in [0.1, 0.15) is 83.6 Å². The average molecular weight is 276 g/mol. The van der Waals surface area contributed by atoms with Crippen LogP contribution in [0.5, 0.6) is 5.75 Å². The van der Waals surface area contributed by atoms with E-state index in [2.05, 4.69) is 45.0 Å². The van der Waals surface area contributed by atoms with Crippen molar-refractivity contribution in [1.29, 1.82) is 0 Å². The van der Waals surface area contributed by atoms with Crippen LogP contribution in [-0.2, 0) is 0 Å². The third kappa shape index (κ3) is 6.98. The Bertz CT molecular complexity index is 343. The Morgan fingerprint density at radius 2 is 1.45 bits per heavy atom. The quantitative estimate of drug-likeness (QED) is 0.429. The first-order valence-electron chi connectivity index (χ1n) is 8.47. The zero-order valence-corrected chi connectivity index (χ0v) is 13.7. The van der Waals surface area contributed by atoms with Crippen molar-refractivity contribution < 1.29 is 4.74 Å². The van der Waals surface area contributed by atoms with Crippen molar-refractivity contribution in [2.75, 3.05) is 6.61 Å². The highest BCUT2D eigenvalue weighted by atomic mass is 16.5. The van der Waals surface area contributed by atoms with E-state index in [1.165, 1.54) is 56.9 Å². The van der Waals surface area contributed by atoms with Gasteiger partial charge in [-0.2, -0.15) is 0 Å². The lowest BCUT2D eigenvalue weighted by Gasteiger charge is -2.13. The average Bonchev–Trinajstić information content (AvgIpc) is 2.46. The minimum Gasteiger partial charge on any atom is -0.493 e. The highest BCUT2D eigenvalue weighted by Crippen LogP contribution is 2.26. The summed E-state index contributed by atoms with van der Waals surface area (Å²) in [5.74, 6) is 1.61. The van der Waals surface area contributed by atoms with Gasteiger partial charge >= 0.3 is 0 Å². The van der Waals surface area contributed by atoms with E-state index in [9.17, 15) is 0 Å². The molecule has 1 nitrogen and oxygen atoms in total. The molecule has 0 heterocycles. The van der Waals surface area contributed by atoms with E-state index in [-0.39, 0.29) is 0 Å². The van der Waals surface area contributed by atoms with E-state index in [0.29, 0.717) is 5.92 Å². The number of para-hydroxylation sites is 1. The fourth-order valence-electron chi connectivity index (χ4n) is 2.51. The third-order valence-electron chi connectivity index (χ3n) is 3.80. The van der Waals surface area contributed by atoms with Gasteiger partial charge in [-0.15, -0.1) is 0 Å². The van der Waals surface area contributed by atoms with Crippen molar-refractivity contribution in [3.8, 4) is 5.75 Å². The summed E-state index contributed by atoms with van der Waals surface area (Å²) in [5, 5.41) is 0. The van der Waals surface area contributed by atoms with Crippen LogP contribution < -0.4 is 4.74 Å². The standard InChI is InChI=1S/C19H32O/c1-4-5-6-7-8-9-10-13-16-20-19-15-12-11-14-18(19)17(2)3/h11-12,14-15,17H,4-10,13,16H2,1-3H3. The zero-order chi connectivity index (χ0) is 14.6. The Morgan fingerprint density at radius 3 is 2.10 bits per heavy atom. The lowest BCUT2D eigenvalue weighted by molar-refractivity contribution is 0.300. The molecule has 1 heteroatoms. The SMILES string of the molecule is CCCCCCCCCCOc1ccccc1C(C)C. The van der Waals surface area contributed by atoms with Crippen LogP contribution in [0.3, 0.4) is 0 Å². The first-order valence-corrected chi connectivity index (χ1v) is 8.47. The molecule has 0 unspecified atom stereocenters. The van der Waals surface area contributed by atoms with Gasteiger partial charge in [0, 0.05) is 0 Å². The largest absolute Gasteiger partial charge is 0.493 e. The van der Waals surface area contributed by atoms with Gasteiger partial charge in [-0.05, 0) is 24.0 Å². The molecule has 0 saturated carbocycles. The molecule has 0 amide bonds. The maximum atomic E-state index is 5.94. The molecule has 114 valence electrons. The number of rotatable bonds is 11. The molecule has 0 spiro atoms. The van der Waals surface area contributed by atoms with Gasteiger partial charge in [-0.3, -0.25) is 0 Å². The van der Waals surface area contributed by atoms with Crippen molar-refractivity contribution >= 4 is 0 Å². The second kappa shape index (κ2) is 10.8. The van der Waals surface area contributed by atoms with Gasteiger partial charge < -0.3 is 4.74 Å². The summed E-state index contributed by atoms with van der Waals surface area (Å²) in [7, 11) is 0. The maximum absolute atomic E-state index is 5.94. The summed E-state index contributed by atoms with van der Waals surface area (Å²) >= 11 is 0. The lowest BCUT2D eigenvalue weighted by atomic mass is 10.0. The minimum atomic E-state index is 0.532. The number of ether oxygens (including phenoxy) is 1. The van der Waals surface area contributed by atoms with Crippen molar-refractivity contribution in [1.82, 2.24) is 0 Å². The molecule has 0 N–H and O–H groups in total. The molecule has 0 fully saturated rings. The monoisotopic (exact) mass is 276 g/mol. The van der Waals surface area contributed by atoms with Gasteiger partial charge in [-0.1, -0.05) is 83.9 Å². The summed E-state index contributed by atoms with van der Waals surface area (Å²) in [6, 6.07) is 8.43. The number of hydrogen-bond donors (Lipinski definition) is 0. The zero-order valence-electron chi connectivity index (χ0n) is 13.7. The lowest BCUT2D eigenvalue weighted by Crippen LogP contribution is -2.01. The summed E-state index contributed by atoms with van der Waals surface area (Å²) < 4.78 is 5.94. The second-order valence-corrected chi connectivity index (χ2v) is 6.02. The predicted octanol–water partition coefficient (Wildman–Crippen LogP) is 6.33. The Morgan fingerprint density at radius 1 is 0.850 bits per heavy atom. The molecule has 1 aromatic rings. The van der Waals surface area contributed by atoms with Gasteiger partial charge in [0.2, 0.25) is 0 Å². The summed E-state index contributed by atoms with van der Waals surface area (Å²) in [5.41, 5.74) is 1.33. The first-order chi connectivity index (χ1) is 9.75. The molecule has 1 aromatic carbocycles. The van der Waals surface area contributed by atoms with Crippen LogP contribution in [0, 0.1) is 0 Å². The van der Waals surface area contributed by atoms with Crippen LogP contribution in [0.15, 0.2) is 24.3 Å². The van der Waals surface area contributed by atoms with Crippen LogP contribution in [0.4, 0.5) is 0 Å². The smallest absolute Gasteiger partial charge is 0.122 e. The van der Waals surface area contributed by atoms with E-state index < -0.39 is 0 Å². The molecular weight excluding hydrogens is 244 g/mol. The molecular formula is C19H32O. The number of benzene rings is 1. The van der Waals surface area contributed by atoms with E-state index in [0.717, 1.165) is 12.4 Å². The molecule has 0 radical (unpaired) electrons. The molecule has 0 aliphatic carbocycles.